The zero-order chi connectivity index (χ0) is 12.0. The number of hydrogen-bond acceptors (Lipinski definition) is 4. The number of piperidine rings is 3. The molecule has 1 N–H and O–H groups in total. The minimum atomic E-state index is -1.02. The monoisotopic (exact) mass is 227 g/mol. The van der Waals surface area contributed by atoms with Crippen molar-refractivity contribution in [3.8, 4) is 0 Å². The van der Waals surface area contributed by atoms with Gasteiger partial charge in [0.25, 0.3) is 0 Å². The van der Waals surface area contributed by atoms with Gasteiger partial charge in [-0.2, -0.15) is 0 Å². The average molecular weight is 227 g/mol. The van der Waals surface area contributed by atoms with Crippen molar-refractivity contribution in [3.63, 3.8) is 0 Å². The number of carbonyl (C=O) groups is 1. The molecule has 92 valence electrons. The first-order valence-electron chi connectivity index (χ1n) is 5.95. The van der Waals surface area contributed by atoms with Crippen LogP contribution in [0, 0.1) is 11.3 Å². The lowest BCUT2D eigenvalue weighted by Crippen LogP contribution is -2.66. The van der Waals surface area contributed by atoms with Crippen LogP contribution in [0.3, 0.4) is 0 Å². The summed E-state index contributed by atoms with van der Waals surface area (Å²) in [5, 5.41) is 10.4. The van der Waals surface area contributed by atoms with E-state index in [1.807, 2.05) is 0 Å². The molecule has 0 radical (unpaired) electrons. The highest BCUT2D eigenvalue weighted by molar-refractivity contribution is 5.79. The summed E-state index contributed by atoms with van der Waals surface area (Å²) in [6.45, 7) is 6.17. The molecule has 4 heteroatoms. The van der Waals surface area contributed by atoms with Crippen LogP contribution in [-0.4, -0.2) is 48.3 Å². The lowest BCUT2D eigenvalue weighted by atomic mass is 9.59. The van der Waals surface area contributed by atoms with Gasteiger partial charge in [-0.15, -0.1) is 0 Å². The fourth-order valence-corrected chi connectivity index (χ4v) is 3.42. The third-order valence-corrected chi connectivity index (χ3v) is 4.40. The zero-order valence-electron chi connectivity index (χ0n) is 10.3. The van der Waals surface area contributed by atoms with Gasteiger partial charge in [0.1, 0.15) is 5.41 Å². The summed E-state index contributed by atoms with van der Waals surface area (Å²) in [5.74, 6) is -0.000602. The molecule has 0 aromatic rings. The predicted octanol–water partition coefficient (Wildman–Crippen LogP) is 0.642. The minimum Gasteiger partial charge on any atom is -0.468 e. The van der Waals surface area contributed by atoms with Crippen molar-refractivity contribution in [2.75, 3.05) is 26.7 Å². The van der Waals surface area contributed by atoms with Crippen molar-refractivity contribution in [3.05, 3.63) is 0 Å². The molecule has 0 saturated carbocycles. The Hall–Kier alpha value is -0.610. The quantitative estimate of drug-likeness (QED) is 0.703. The predicted molar refractivity (Wildman–Crippen MR) is 59.9 cm³/mol. The molecular formula is C12H21NO3. The summed E-state index contributed by atoms with van der Waals surface area (Å²) in [7, 11) is 1.41. The molecule has 0 aromatic heterocycles. The second-order valence-electron chi connectivity index (χ2n) is 5.57. The van der Waals surface area contributed by atoms with Gasteiger partial charge in [0, 0.05) is 6.54 Å². The normalized spacial score (nSPS) is 38.5. The van der Waals surface area contributed by atoms with Crippen LogP contribution in [0.5, 0.6) is 0 Å². The number of esters is 1. The molecule has 0 spiro atoms. The van der Waals surface area contributed by atoms with Crippen LogP contribution in [0.1, 0.15) is 26.7 Å². The van der Waals surface area contributed by atoms with Gasteiger partial charge in [0.15, 0.2) is 0 Å². The molecule has 3 aliphatic heterocycles. The molecule has 3 fully saturated rings. The number of ether oxygens (including phenoxy) is 1. The van der Waals surface area contributed by atoms with Crippen LogP contribution in [0.4, 0.5) is 0 Å². The Labute approximate surface area is 96.6 Å². The molecular weight excluding hydrogens is 206 g/mol. The van der Waals surface area contributed by atoms with E-state index in [0.717, 1.165) is 25.9 Å². The number of carbonyl (C=O) groups excluding carboxylic acids is 1. The van der Waals surface area contributed by atoms with Gasteiger partial charge in [-0.1, -0.05) is 0 Å². The van der Waals surface area contributed by atoms with Crippen molar-refractivity contribution in [2.24, 2.45) is 11.3 Å². The Morgan fingerprint density at radius 1 is 1.44 bits per heavy atom. The number of nitrogens with zero attached hydrogens (tertiary/aromatic N) is 1. The molecule has 0 aromatic carbocycles. The SMILES string of the molecule is COC(=O)C1(C(C)(C)O)CN2CCC1CC2. The van der Waals surface area contributed by atoms with Crippen molar-refractivity contribution < 1.29 is 14.6 Å². The van der Waals surface area contributed by atoms with E-state index in [4.69, 9.17) is 4.74 Å². The van der Waals surface area contributed by atoms with Crippen molar-refractivity contribution in [2.45, 2.75) is 32.3 Å². The topological polar surface area (TPSA) is 49.8 Å². The maximum absolute atomic E-state index is 12.1. The second-order valence-corrected chi connectivity index (χ2v) is 5.57. The van der Waals surface area contributed by atoms with Crippen LogP contribution in [0.25, 0.3) is 0 Å². The maximum Gasteiger partial charge on any atom is 0.316 e. The molecule has 0 aliphatic carbocycles. The Balaban J connectivity index is 2.39. The molecule has 4 nitrogen and oxygen atoms in total. The molecule has 3 aliphatic rings. The van der Waals surface area contributed by atoms with Gasteiger partial charge >= 0.3 is 5.97 Å². The van der Waals surface area contributed by atoms with Gasteiger partial charge < -0.3 is 14.7 Å². The van der Waals surface area contributed by atoms with E-state index in [0.29, 0.717) is 6.54 Å². The number of aliphatic hydroxyl groups is 1. The number of rotatable bonds is 2. The first-order chi connectivity index (χ1) is 7.41. The number of hydrogen-bond donors (Lipinski definition) is 1. The number of fused-ring (bicyclic) bond motifs is 3. The maximum atomic E-state index is 12.1. The van der Waals surface area contributed by atoms with Crippen LogP contribution in [0.15, 0.2) is 0 Å². The largest absolute Gasteiger partial charge is 0.468 e. The van der Waals surface area contributed by atoms with E-state index in [2.05, 4.69) is 4.90 Å². The average Bonchev–Trinajstić information content (AvgIpc) is 2.27. The first-order valence-corrected chi connectivity index (χ1v) is 5.95. The third-order valence-electron chi connectivity index (χ3n) is 4.40. The lowest BCUT2D eigenvalue weighted by molar-refractivity contribution is -0.196. The van der Waals surface area contributed by atoms with Crippen molar-refractivity contribution >= 4 is 5.97 Å². The van der Waals surface area contributed by atoms with E-state index in [9.17, 15) is 9.90 Å². The Bertz CT molecular complexity index is 289. The molecule has 16 heavy (non-hydrogen) atoms. The van der Waals surface area contributed by atoms with Crippen LogP contribution < -0.4 is 0 Å². The summed E-state index contributed by atoms with van der Waals surface area (Å²) in [4.78, 5) is 14.4. The molecule has 3 rings (SSSR count). The molecule has 1 unspecified atom stereocenters. The van der Waals surface area contributed by atoms with Gasteiger partial charge in [-0.3, -0.25) is 4.79 Å². The van der Waals surface area contributed by atoms with Crippen LogP contribution in [0.2, 0.25) is 0 Å². The highest BCUT2D eigenvalue weighted by atomic mass is 16.5. The number of methoxy groups -OCH3 is 1. The summed E-state index contributed by atoms with van der Waals surface area (Å²) < 4.78 is 4.95. The first kappa shape index (κ1) is 11.9. The minimum absolute atomic E-state index is 0.255. The lowest BCUT2D eigenvalue weighted by Gasteiger charge is -2.56. The Kier molecular flexibility index (Phi) is 2.75. The van der Waals surface area contributed by atoms with Crippen molar-refractivity contribution in [1.82, 2.24) is 4.90 Å². The Morgan fingerprint density at radius 2 is 2.00 bits per heavy atom. The Morgan fingerprint density at radius 3 is 2.31 bits per heavy atom. The summed E-state index contributed by atoms with van der Waals surface area (Å²) in [6.07, 6.45) is 1.97. The molecule has 0 amide bonds. The second kappa shape index (κ2) is 3.70. The molecule has 2 bridgehead atoms. The molecule has 3 heterocycles. The standard InChI is InChI=1S/C12H21NO3/c1-11(2,15)12(10(14)16-3)8-13-6-4-9(12)5-7-13/h9,15H,4-8H2,1-3H3. The van der Waals surface area contributed by atoms with E-state index >= 15 is 0 Å². The van der Waals surface area contributed by atoms with E-state index in [-0.39, 0.29) is 11.9 Å². The summed E-state index contributed by atoms with van der Waals surface area (Å²) in [6, 6.07) is 0. The molecule has 3 saturated heterocycles. The van der Waals surface area contributed by atoms with Gasteiger partial charge in [-0.05, 0) is 45.7 Å². The van der Waals surface area contributed by atoms with Gasteiger partial charge in [0.05, 0.1) is 12.7 Å². The van der Waals surface area contributed by atoms with E-state index in [1.54, 1.807) is 13.8 Å². The van der Waals surface area contributed by atoms with Crippen LogP contribution in [-0.2, 0) is 9.53 Å². The highest BCUT2D eigenvalue weighted by Crippen LogP contribution is 2.49. The van der Waals surface area contributed by atoms with E-state index in [1.165, 1.54) is 7.11 Å². The summed E-state index contributed by atoms with van der Waals surface area (Å²) >= 11 is 0. The van der Waals surface area contributed by atoms with Crippen molar-refractivity contribution in [1.29, 1.82) is 0 Å². The van der Waals surface area contributed by atoms with Gasteiger partial charge in [-0.25, -0.2) is 0 Å². The summed E-state index contributed by atoms with van der Waals surface area (Å²) in [5.41, 5.74) is -1.76. The smallest absolute Gasteiger partial charge is 0.316 e. The highest BCUT2D eigenvalue weighted by Gasteiger charge is 2.60. The fraction of sp³-hybridized carbons (Fsp3) is 0.917. The zero-order valence-corrected chi connectivity index (χ0v) is 10.3. The molecule has 1 atom stereocenters. The fourth-order valence-electron chi connectivity index (χ4n) is 3.42. The van der Waals surface area contributed by atoms with Crippen LogP contribution >= 0.6 is 0 Å². The van der Waals surface area contributed by atoms with E-state index < -0.39 is 11.0 Å². The van der Waals surface area contributed by atoms with Gasteiger partial charge in [0.2, 0.25) is 0 Å². The third kappa shape index (κ3) is 1.47.